The van der Waals surface area contributed by atoms with Gasteiger partial charge >= 0.3 is 11.9 Å². The first kappa shape index (κ1) is 39.4. The lowest BCUT2D eigenvalue weighted by atomic mass is 10.0. The van der Waals surface area contributed by atoms with Crippen LogP contribution in [-0.4, -0.2) is 22.2 Å². The molecular formula is C51H37N3O4. The lowest BCUT2D eigenvalue weighted by Crippen LogP contribution is -2.09. The third-order valence-electron chi connectivity index (χ3n) is 9.16. The maximum absolute atomic E-state index is 11.2. The summed E-state index contributed by atoms with van der Waals surface area (Å²) in [5.74, 6) is -2.50. The first-order valence-corrected chi connectivity index (χ1v) is 18.2. The van der Waals surface area contributed by atoms with Gasteiger partial charge in [0.15, 0.2) is 0 Å². The second-order valence-corrected chi connectivity index (χ2v) is 13.2. The molecule has 0 aliphatic heterocycles. The van der Waals surface area contributed by atoms with Crippen molar-refractivity contribution in [3.05, 3.63) is 230 Å². The molecule has 280 valence electrons. The van der Waals surface area contributed by atoms with E-state index in [9.17, 15) is 9.59 Å². The van der Waals surface area contributed by atoms with Gasteiger partial charge in [0.2, 0.25) is 0 Å². The number of nitrogens with zero attached hydrogens (tertiary/aromatic N) is 3. The summed E-state index contributed by atoms with van der Waals surface area (Å²) in [6.07, 6.45) is 12.9. The molecular weight excluding hydrogens is 719 g/mol. The van der Waals surface area contributed by atoms with Gasteiger partial charge in [-0.1, -0.05) is 146 Å². The lowest BCUT2D eigenvalue weighted by Gasteiger charge is -2.26. The molecule has 7 heteroatoms. The zero-order valence-electron chi connectivity index (χ0n) is 31.5. The van der Waals surface area contributed by atoms with Gasteiger partial charge in [0.1, 0.15) is 0 Å². The van der Waals surface area contributed by atoms with E-state index in [0.717, 1.165) is 44.9 Å². The number of allylic oxidation sites excluding steroid dienone is 1. The third kappa shape index (κ3) is 10.5. The van der Waals surface area contributed by atoms with Crippen LogP contribution in [0.15, 0.2) is 163 Å². The minimum absolute atomic E-state index is 0.331. The second-order valence-electron chi connectivity index (χ2n) is 13.2. The van der Waals surface area contributed by atoms with E-state index < -0.39 is 11.9 Å². The maximum atomic E-state index is 11.2. The summed E-state index contributed by atoms with van der Waals surface area (Å²) < 4.78 is 0. The summed E-state index contributed by atoms with van der Waals surface area (Å²) >= 11 is 0. The second kappa shape index (κ2) is 18.9. The zero-order chi connectivity index (χ0) is 40.9. The van der Waals surface area contributed by atoms with Crippen molar-refractivity contribution >= 4 is 77.1 Å². The number of aliphatic carboxylic acids is 2. The number of carboxylic acids is 2. The van der Waals surface area contributed by atoms with E-state index in [2.05, 4.69) is 113 Å². The van der Waals surface area contributed by atoms with Crippen LogP contribution in [0.25, 0.3) is 57.8 Å². The average molecular weight is 756 g/mol. The number of hydrogen-bond acceptors (Lipinski definition) is 3. The zero-order valence-corrected chi connectivity index (χ0v) is 31.5. The fourth-order valence-electron chi connectivity index (χ4n) is 6.06. The van der Waals surface area contributed by atoms with Crippen LogP contribution in [0.2, 0.25) is 0 Å². The van der Waals surface area contributed by atoms with Crippen molar-refractivity contribution in [1.82, 2.24) is 0 Å². The minimum atomic E-state index is -1.25. The highest BCUT2D eigenvalue weighted by molar-refractivity contribution is 5.95. The molecule has 6 aromatic carbocycles. The molecule has 0 spiro atoms. The van der Waals surface area contributed by atoms with Crippen molar-refractivity contribution in [3.8, 4) is 0 Å². The van der Waals surface area contributed by atoms with Crippen LogP contribution in [0.3, 0.4) is 0 Å². The summed E-state index contributed by atoms with van der Waals surface area (Å²) in [5.41, 5.74) is 10.9. The monoisotopic (exact) mass is 755 g/mol. The molecule has 0 unspecified atom stereocenters. The SMILES string of the molecule is [C-]#[N+]C(=Cc1ccc(C=Cc2ccc(N(c3ccc(C=Cc4ccc(C=C([N+]#[C-])C(=O)O)cc4)cc3)c3ccc(C=C(C)c4ccccc4)cc3)cc2)cc1)C(=O)O. The molecule has 7 nitrogen and oxygen atoms in total. The van der Waals surface area contributed by atoms with E-state index in [0.29, 0.717) is 11.1 Å². The van der Waals surface area contributed by atoms with Crippen LogP contribution in [0, 0.1) is 13.1 Å². The molecule has 0 aromatic heterocycles. The molecule has 0 saturated carbocycles. The smallest absolute Gasteiger partial charge is 0.333 e. The highest BCUT2D eigenvalue weighted by Gasteiger charge is 2.13. The predicted octanol–water partition coefficient (Wildman–Crippen LogP) is 12.7. The number of rotatable bonds is 13. The van der Waals surface area contributed by atoms with Gasteiger partial charge < -0.3 is 15.1 Å². The largest absolute Gasteiger partial charge is 0.486 e. The predicted molar refractivity (Wildman–Crippen MR) is 236 cm³/mol. The van der Waals surface area contributed by atoms with Gasteiger partial charge in [0, 0.05) is 17.1 Å². The van der Waals surface area contributed by atoms with Crippen molar-refractivity contribution in [2.45, 2.75) is 6.92 Å². The van der Waals surface area contributed by atoms with Crippen molar-refractivity contribution in [3.63, 3.8) is 0 Å². The lowest BCUT2D eigenvalue weighted by molar-refractivity contribution is -0.133. The minimum Gasteiger partial charge on any atom is -0.486 e. The molecule has 0 radical (unpaired) electrons. The summed E-state index contributed by atoms with van der Waals surface area (Å²) in [6, 6.07) is 50.1. The Labute approximate surface area is 338 Å². The number of carbonyl (C=O) groups is 2. The van der Waals surface area contributed by atoms with Gasteiger partial charge in [-0.3, -0.25) is 9.59 Å². The molecule has 0 heterocycles. The van der Waals surface area contributed by atoms with Crippen molar-refractivity contribution in [2.24, 2.45) is 0 Å². The van der Waals surface area contributed by atoms with Crippen LogP contribution >= 0.6 is 0 Å². The van der Waals surface area contributed by atoms with Gasteiger partial charge in [-0.2, -0.15) is 0 Å². The van der Waals surface area contributed by atoms with Gasteiger partial charge in [-0.25, -0.2) is 9.69 Å². The molecule has 0 amide bonds. The molecule has 58 heavy (non-hydrogen) atoms. The fraction of sp³-hybridized carbons (Fsp3) is 0.0196. The Morgan fingerprint density at radius 3 is 1.07 bits per heavy atom. The van der Waals surface area contributed by atoms with Crippen LogP contribution in [-0.2, 0) is 9.59 Å². The van der Waals surface area contributed by atoms with E-state index in [4.69, 9.17) is 23.4 Å². The number of anilines is 3. The quantitative estimate of drug-likeness (QED) is 0.0696. The normalized spacial score (nSPS) is 11.9. The van der Waals surface area contributed by atoms with E-state index in [1.54, 1.807) is 24.3 Å². The average Bonchev–Trinajstić information content (AvgIpc) is 3.25. The molecule has 6 rings (SSSR count). The Hall–Kier alpha value is -8.26. The number of hydrogen-bond donors (Lipinski definition) is 2. The number of carboxylic acid groups (broad SMARTS) is 2. The van der Waals surface area contributed by atoms with Crippen molar-refractivity contribution < 1.29 is 19.8 Å². The van der Waals surface area contributed by atoms with E-state index in [-0.39, 0.29) is 11.4 Å². The Morgan fingerprint density at radius 1 is 0.448 bits per heavy atom. The molecule has 0 saturated heterocycles. The van der Waals surface area contributed by atoms with Crippen LogP contribution in [0.1, 0.15) is 51.4 Å². The van der Waals surface area contributed by atoms with Gasteiger partial charge in [0.25, 0.3) is 11.4 Å². The van der Waals surface area contributed by atoms with E-state index >= 15 is 0 Å². The Balaban J connectivity index is 1.24. The molecule has 0 fully saturated rings. The standard InChI is InChI=1S/C51H37N3O4/c1-36(44-7-5-4-6-8-44)33-41-25-31-47(32-26-41)54(45-27-21-39(22-28-45)11-9-37-13-17-42(18-14-37)34-48(52-2)50(55)56)46-29-23-40(24-30-46)12-10-38-15-19-43(20-16-38)35-49(53-3)51(57)58/h4-35H,1H3,(H,55,56)(H,57,58). The van der Waals surface area contributed by atoms with Crippen LogP contribution in [0.5, 0.6) is 0 Å². The Bertz CT molecular complexity index is 2500. The highest BCUT2D eigenvalue weighted by atomic mass is 16.4. The van der Waals surface area contributed by atoms with Crippen molar-refractivity contribution in [1.29, 1.82) is 0 Å². The highest BCUT2D eigenvalue weighted by Crippen LogP contribution is 2.35. The molecule has 0 atom stereocenters. The van der Waals surface area contributed by atoms with Gasteiger partial charge in [-0.05, 0) is 106 Å². The number of benzene rings is 6. The molecule has 6 aromatic rings. The Kier molecular flexibility index (Phi) is 12.8. The molecule has 0 aliphatic carbocycles. The van der Waals surface area contributed by atoms with E-state index in [1.807, 2.05) is 66.8 Å². The third-order valence-corrected chi connectivity index (χ3v) is 9.16. The fourth-order valence-corrected chi connectivity index (χ4v) is 6.06. The summed E-state index contributed by atoms with van der Waals surface area (Å²) in [5, 5.41) is 18.3. The van der Waals surface area contributed by atoms with Crippen molar-refractivity contribution in [2.75, 3.05) is 4.90 Å². The Morgan fingerprint density at radius 2 is 0.741 bits per heavy atom. The topological polar surface area (TPSA) is 86.6 Å². The maximum Gasteiger partial charge on any atom is 0.333 e. The van der Waals surface area contributed by atoms with Gasteiger partial charge in [0.05, 0.1) is 13.1 Å². The summed E-state index contributed by atoms with van der Waals surface area (Å²) in [4.78, 5) is 30.7. The molecule has 2 N–H and O–H groups in total. The first-order chi connectivity index (χ1) is 28.2. The van der Waals surface area contributed by atoms with Crippen LogP contribution in [0.4, 0.5) is 17.1 Å². The van der Waals surface area contributed by atoms with Crippen LogP contribution < -0.4 is 4.90 Å². The first-order valence-electron chi connectivity index (χ1n) is 18.2. The molecule has 0 aliphatic rings. The van der Waals surface area contributed by atoms with E-state index in [1.165, 1.54) is 23.3 Å². The summed E-state index contributed by atoms with van der Waals surface area (Å²) in [6.45, 7) is 16.2. The molecule has 0 bridgehead atoms. The van der Waals surface area contributed by atoms with Gasteiger partial charge in [-0.15, -0.1) is 0 Å². The summed E-state index contributed by atoms with van der Waals surface area (Å²) in [7, 11) is 0.